The first-order valence-corrected chi connectivity index (χ1v) is 4.17. The van der Waals surface area contributed by atoms with E-state index in [1.165, 1.54) is 10.5 Å². The molecule has 1 heterocycles. The molecule has 0 radical (unpaired) electrons. The molecule has 1 aromatic rings. The van der Waals surface area contributed by atoms with Crippen LogP contribution in [0.3, 0.4) is 0 Å². The summed E-state index contributed by atoms with van der Waals surface area (Å²) in [7, 11) is 0. The van der Waals surface area contributed by atoms with Gasteiger partial charge in [0.2, 0.25) is 0 Å². The Morgan fingerprint density at radius 3 is 3.00 bits per heavy atom. The summed E-state index contributed by atoms with van der Waals surface area (Å²) in [4.78, 5) is 1.22. The molecule has 1 aliphatic rings. The second-order valence-corrected chi connectivity index (χ2v) is 3.19. The van der Waals surface area contributed by atoms with Crippen LogP contribution in [0, 0.1) is 0 Å². The number of fused-ring (bicyclic) bond motifs is 1. The summed E-state index contributed by atoms with van der Waals surface area (Å²) in [5.74, 6) is 0.716. The lowest BCUT2D eigenvalue weighted by atomic mass is 10.2. The van der Waals surface area contributed by atoms with Gasteiger partial charge in [0.1, 0.15) is 5.82 Å². The number of hydrogen-bond donors (Lipinski definition) is 2. The zero-order valence-corrected chi connectivity index (χ0v) is 6.69. The third kappa shape index (κ3) is 1.19. The summed E-state index contributed by atoms with van der Waals surface area (Å²) in [6.45, 7) is 0. The SMILES string of the molecule is NC1=Cc2ccccc2SN1. The number of nitrogens with one attached hydrogen (secondary N) is 1. The van der Waals surface area contributed by atoms with E-state index in [-0.39, 0.29) is 0 Å². The van der Waals surface area contributed by atoms with E-state index in [9.17, 15) is 0 Å². The lowest BCUT2D eigenvalue weighted by Crippen LogP contribution is -2.15. The molecule has 0 aromatic heterocycles. The lowest BCUT2D eigenvalue weighted by Gasteiger charge is -2.13. The van der Waals surface area contributed by atoms with E-state index in [1.807, 2.05) is 18.2 Å². The van der Waals surface area contributed by atoms with Gasteiger partial charge in [-0.25, -0.2) is 0 Å². The molecule has 0 unspecified atom stereocenters. The van der Waals surface area contributed by atoms with Crippen molar-refractivity contribution < 1.29 is 0 Å². The Balaban J connectivity index is 2.51. The molecule has 3 N–H and O–H groups in total. The molecule has 3 heteroatoms. The zero-order valence-electron chi connectivity index (χ0n) is 5.87. The minimum Gasteiger partial charge on any atom is -0.385 e. The Bertz CT molecular complexity index is 307. The number of hydrogen-bond acceptors (Lipinski definition) is 3. The van der Waals surface area contributed by atoms with Crippen LogP contribution in [0.1, 0.15) is 5.56 Å². The molecule has 2 rings (SSSR count). The van der Waals surface area contributed by atoms with E-state index in [2.05, 4.69) is 16.9 Å². The number of benzene rings is 1. The molecule has 0 bridgehead atoms. The maximum Gasteiger partial charge on any atom is 0.107 e. The molecule has 0 saturated heterocycles. The van der Waals surface area contributed by atoms with Gasteiger partial charge in [0.15, 0.2) is 0 Å². The molecule has 11 heavy (non-hydrogen) atoms. The molecule has 0 aliphatic carbocycles. The first kappa shape index (κ1) is 6.61. The first-order chi connectivity index (χ1) is 5.36. The Kier molecular flexibility index (Phi) is 1.51. The second-order valence-electron chi connectivity index (χ2n) is 2.34. The standard InChI is InChI=1S/C8H8N2S/c9-8-5-6-3-1-2-4-7(6)11-10-8/h1-5,10H,9H2. The predicted octanol–water partition coefficient (Wildman–Crippen LogP) is 1.55. The fourth-order valence-electron chi connectivity index (χ4n) is 1.00. The molecule has 0 amide bonds. The van der Waals surface area contributed by atoms with Gasteiger partial charge in [0, 0.05) is 4.90 Å². The van der Waals surface area contributed by atoms with Gasteiger partial charge >= 0.3 is 0 Å². The van der Waals surface area contributed by atoms with Crippen molar-refractivity contribution in [1.29, 1.82) is 0 Å². The van der Waals surface area contributed by atoms with E-state index in [1.54, 1.807) is 11.9 Å². The zero-order chi connectivity index (χ0) is 7.68. The average molecular weight is 164 g/mol. The van der Waals surface area contributed by atoms with E-state index >= 15 is 0 Å². The summed E-state index contributed by atoms with van der Waals surface area (Å²) in [6, 6.07) is 8.14. The van der Waals surface area contributed by atoms with E-state index < -0.39 is 0 Å². The molecule has 1 aliphatic heterocycles. The van der Waals surface area contributed by atoms with Crippen LogP contribution < -0.4 is 10.5 Å². The van der Waals surface area contributed by atoms with Gasteiger partial charge in [-0.2, -0.15) is 0 Å². The van der Waals surface area contributed by atoms with Crippen LogP contribution in [0.5, 0.6) is 0 Å². The Labute approximate surface area is 69.6 Å². The Morgan fingerprint density at radius 1 is 1.27 bits per heavy atom. The fraction of sp³-hybridized carbons (Fsp3) is 0. The molecule has 2 nitrogen and oxygen atoms in total. The normalized spacial score (nSPS) is 14.7. The summed E-state index contributed by atoms with van der Waals surface area (Å²) >= 11 is 1.55. The minimum atomic E-state index is 0.716. The fourth-order valence-corrected chi connectivity index (χ4v) is 1.68. The third-order valence-corrected chi connectivity index (χ3v) is 2.44. The van der Waals surface area contributed by atoms with Crippen molar-refractivity contribution in [2.24, 2.45) is 5.73 Å². The summed E-state index contributed by atoms with van der Waals surface area (Å²) in [5, 5.41) is 0. The van der Waals surface area contributed by atoms with Crippen molar-refractivity contribution in [2.75, 3.05) is 0 Å². The molecule has 0 saturated carbocycles. The van der Waals surface area contributed by atoms with Crippen LogP contribution in [-0.2, 0) is 0 Å². The third-order valence-electron chi connectivity index (χ3n) is 1.51. The monoisotopic (exact) mass is 164 g/mol. The Morgan fingerprint density at radius 2 is 2.09 bits per heavy atom. The summed E-state index contributed by atoms with van der Waals surface area (Å²) in [5.41, 5.74) is 6.77. The van der Waals surface area contributed by atoms with Gasteiger partial charge in [-0.3, -0.25) is 0 Å². The predicted molar refractivity (Wildman–Crippen MR) is 47.6 cm³/mol. The highest BCUT2D eigenvalue weighted by Gasteiger charge is 2.05. The molecule has 1 aromatic carbocycles. The second kappa shape index (κ2) is 2.51. The van der Waals surface area contributed by atoms with Crippen LogP contribution in [0.2, 0.25) is 0 Å². The van der Waals surface area contributed by atoms with Crippen molar-refractivity contribution in [3.63, 3.8) is 0 Å². The van der Waals surface area contributed by atoms with Crippen LogP contribution in [0.4, 0.5) is 0 Å². The molecule has 0 spiro atoms. The highest BCUT2D eigenvalue weighted by atomic mass is 32.2. The minimum absolute atomic E-state index is 0.716. The summed E-state index contributed by atoms with van der Waals surface area (Å²) in [6.07, 6.45) is 1.94. The van der Waals surface area contributed by atoms with Crippen LogP contribution in [0.15, 0.2) is 35.0 Å². The van der Waals surface area contributed by atoms with E-state index in [4.69, 9.17) is 5.73 Å². The maximum atomic E-state index is 5.58. The van der Waals surface area contributed by atoms with Crippen molar-refractivity contribution in [2.45, 2.75) is 4.90 Å². The van der Waals surface area contributed by atoms with Crippen LogP contribution in [-0.4, -0.2) is 0 Å². The first-order valence-electron chi connectivity index (χ1n) is 3.35. The van der Waals surface area contributed by atoms with E-state index in [0.717, 1.165) is 0 Å². The number of nitrogens with two attached hydrogens (primary N) is 1. The Hall–Kier alpha value is -1.09. The van der Waals surface area contributed by atoms with Gasteiger partial charge in [-0.05, 0) is 29.7 Å². The van der Waals surface area contributed by atoms with Crippen molar-refractivity contribution in [1.82, 2.24) is 4.72 Å². The topological polar surface area (TPSA) is 38.0 Å². The van der Waals surface area contributed by atoms with Gasteiger partial charge in [-0.15, -0.1) is 0 Å². The van der Waals surface area contributed by atoms with Crippen molar-refractivity contribution >= 4 is 18.0 Å². The highest BCUT2D eigenvalue weighted by Crippen LogP contribution is 2.25. The highest BCUT2D eigenvalue weighted by molar-refractivity contribution is 7.97. The van der Waals surface area contributed by atoms with Crippen molar-refractivity contribution in [3.8, 4) is 0 Å². The molecule has 0 atom stereocenters. The summed E-state index contributed by atoms with van der Waals surface area (Å²) < 4.78 is 2.99. The van der Waals surface area contributed by atoms with Gasteiger partial charge < -0.3 is 10.5 Å². The van der Waals surface area contributed by atoms with E-state index in [0.29, 0.717) is 5.82 Å². The van der Waals surface area contributed by atoms with Gasteiger partial charge in [0.05, 0.1) is 0 Å². The van der Waals surface area contributed by atoms with Gasteiger partial charge in [0.25, 0.3) is 0 Å². The van der Waals surface area contributed by atoms with Gasteiger partial charge in [-0.1, -0.05) is 18.2 Å². The smallest absolute Gasteiger partial charge is 0.107 e. The number of rotatable bonds is 0. The molecular weight excluding hydrogens is 156 g/mol. The average Bonchev–Trinajstić information content (AvgIpc) is 2.04. The molecule has 56 valence electrons. The van der Waals surface area contributed by atoms with Crippen LogP contribution in [0.25, 0.3) is 6.08 Å². The van der Waals surface area contributed by atoms with Crippen LogP contribution >= 0.6 is 11.9 Å². The maximum absolute atomic E-state index is 5.58. The van der Waals surface area contributed by atoms with Crippen molar-refractivity contribution in [3.05, 3.63) is 35.6 Å². The quantitative estimate of drug-likeness (QED) is 0.571. The molecule has 0 fully saturated rings. The lowest BCUT2D eigenvalue weighted by molar-refractivity contribution is 1.14. The largest absolute Gasteiger partial charge is 0.385 e. The molecular formula is C8H8N2S.